The van der Waals surface area contributed by atoms with Crippen molar-refractivity contribution in [2.75, 3.05) is 13.7 Å². The summed E-state index contributed by atoms with van der Waals surface area (Å²) >= 11 is 0. The van der Waals surface area contributed by atoms with Crippen LogP contribution in [0.15, 0.2) is 59.7 Å². The zero-order valence-corrected chi connectivity index (χ0v) is 18.0. The van der Waals surface area contributed by atoms with Crippen molar-refractivity contribution in [3.05, 3.63) is 82.7 Å². The Morgan fingerprint density at radius 3 is 2.48 bits per heavy atom. The van der Waals surface area contributed by atoms with Crippen molar-refractivity contribution in [3.8, 4) is 11.4 Å². The van der Waals surface area contributed by atoms with Crippen LogP contribution >= 0.6 is 0 Å². The van der Waals surface area contributed by atoms with Crippen LogP contribution < -0.4 is 10.2 Å². The molecule has 0 aliphatic rings. The second-order valence-electron chi connectivity index (χ2n) is 6.83. The van der Waals surface area contributed by atoms with Crippen molar-refractivity contribution < 1.29 is 19.1 Å². The Labute approximate surface area is 181 Å². The van der Waals surface area contributed by atoms with Crippen LogP contribution in [0, 0.1) is 13.8 Å². The van der Waals surface area contributed by atoms with E-state index < -0.39 is 0 Å². The summed E-state index contributed by atoms with van der Waals surface area (Å²) in [6.45, 7) is 5.97. The van der Waals surface area contributed by atoms with E-state index in [9.17, 15) is 9.59 Å². The number of nitrogens with zero attached hydrogens (tertiary/aromatic N) is 2. The quantitative estimate of drug-likeness (QED) is 0.356. The van der Waals surface area contributed by atoms with Crippen molar-refractivity contribution >= 4 is 18.1 Å². The maximum atomic E-state index is 12.4. The molecule has 0 bridgehead atoms. The lowest BCUT2D eigenvalue weighted by atomic mass is 10.1. The summed E-state index contributed by atoms with van der Waals surface area (Å²) in [5, 5.41) is 4.10. The highest BCUT2D eigenvalue weighted by atomic mass is 16.5. The van der Waals surface area contributed by atoms with Crippen molar-refractivity contribution in [2.45, 2.75) is 20.8 Å². The predicted molar refractivity (Wildman–Crippen MR) is 119 cm³/mol. The third kappa shape index (κ3) is 4.83. The maximum Gasteiger partial charge on any atom is 0.340 e. The number of amides is 1. The number of rotatable bonds is 7. The van der Waals surface area contributed by atoms with Crippen LogP contribution in [0.25, 0.3) is 5.69 Å². The molecule has 1 amide bonds. The van der Waals surface area contributed by atoms with E-state index in [0.717, 1.165) is 22.6 Å². The van der Waals surface area contributed by atoms with E-state index in [1.54, 1.807) is 56.6 Å². The molecule has 3 aromatic rings. The molecule has 160 valence electrons. The minimum atomic E-state index is -0.368. The molecule has 0 fully saturated rings. The van der Waals surface area contributed by atoms with Gasteiger partial charge in [0.15, 0.2) is 0 Å². The molecule has 0 radical (unpaired) electrons. The number of hydrogen-bond donors (Lipinski definition) is 1. The predicted octanol–water partition coefficient (Wildman–Crippen LogP) is 4.04. The Bertz CT molecular complexity index is 1110. The molecule has 3 rings (SSSR count). The number of nitrogens with one attached hydrogen (secondary N) is 1. The number of carbonyl (C=O) groups is 2. The SMILES string of the molecule is CCOC(=O)c1ccccc1-n1c(C)cc(/C=N\NC(=O)c2ccc(OC)cc2)c1C. The molecule has 0 atom stereocenters. The van der Waals surface area contributed by atoms with E-state index >= 15 is 0 Å². The Morgan fingerprint density at radius 1 is 1.10 bits per heavy atom. The highest BCUT2D eigenvalue weighted by Gasteiger charge is 2.17. The highest BCUT2D eigenvalue weighted by molar-refractivity contribution is 5.95. The fraction of sp³-hybridized carbons (Fsp3) is 0.208. The van der Waals surface area contributed by atoms with Crippen LogP contribution in [0.2, 0.25) is 0 Å². The van der Waals surface area contributed by atoms with Crippen molar-refractivity contribution in [1.82, 2.24) is 9.99 Å². The molecular weight excluding hydrogens is 394 g/mol. The van der Waals surface area contributed by atoms with Gasteiger partial charge < -0.3 is 14.0 Å². The van der Waals surface area contributed by atoms with E-state index in [-0.39, 0.29) is 11.9 Å². The monoisotopic (exact) mass is 419 g/mol. The van der Waals surface area contributed by atoms with Crippen LogP contribution in [-0.2, 0) is 4.74 Å². The lowest BCUT2D eigenvalue weighted by Gasteiger charge is -2.14. The van der Waals surface area contributed by atoms with Gasteiger partial charge in [-0.2, -0.15) is 5.10 Å². The highest BCUT2D eigenvalue weighted by Crippen LogP contribution is 2.23. The molecule has 0 aliphatic heterocycles. The van der Waals surface area contributed by atoms with E-state index in [1.165, 1.54) is 0 Å². The Morgan fingerprint density at radius 2 is 1.81 bits per heavy atom. The molecule has 0 aliphatic carbocycles. The fourth-order valence-electron chi connectivity index (χ4n) is 3.31. The zero-order chi connectivity index (χ0) is 22.4. The van der Waals surface area contributed by atoms with Gasteiger partial charge in [0, 0.05) is 22.5 Å². The van der Waals surface area contributed by atoms with Crippen molar-refractivity contribution in [1.29, 1.82) is 0 Å². The van der Waals surface area contributed by atoms with Crippen LogP contribution in [0.1, 0.15) is 44.6 Å². The van der Waals surface area contributed by atoms with Gasteiger partial charge in [0.05, 0.1) is 31.2 Å². The number of para-hydroxylation sites is 1. The first-order valence-corrected chi connectivity index (χ1v) is 9.89. The third-order valence-corrected chi connectivity index (χ3v) is 4.83. The minimum absolute atomic E-state index is 0.308. The first-order chi connectivity index (χ1) is 15.0. The summed E-state index contributed by atoms with van der Waals surface area (Å²) in [5.74, 6) is -0.0106. The molecule has 2 aromatic carbocycles. The van der Waals surface area contributed by atoms with E-state index in [2.05, 4.69) is 10.5 Å². The molecule has 0 unspecified atom stereocenters. The first kappa shape index (κ1) is 21.8. The van der Waals surface area contributed by atoms with Crippen LogP contribution in [0.5, 0.6) is 5.75 Å². The molecule has 31 heavy (non-hydrogen) atoms. The van der Waals surface area contributed by atoms with Gasteiger partial charge in [0.2, 0.25) is 0 Å². The normalized spacial score (nSPS) is 10.8. The van der Waals surface area contributed by atoms with Gasteiger partial charge in [-0.05, 0) is 63.2 Å². The van der Waals surface area contributed by atoms with E-state index in [1.807, 2.05) is 36.6 Å². The number of hydrogen-bond acceptors (Lipinski definition) is 5. The number of aryl methyl sites for hydroxylation is 1. The number of carbonyl (C=O) groups excluding carboxylic acids is 2. The van der Waals surface area contributed by atoms with Gasteiger partial charge in [0.1, 0.15) is 5.75 Å². The second-order valence-corrected chi connectivity index (χ2v) is 6.83. The lowest BCUT2D eigenvalue weighted by molar-refractivity contribution is 0.0526. The van der Waals surface area contributed by atoms with Gasteiger partial charge in [0.25, 0.3) is 5.91 Å². The number of aromatic nitrogens is 1. The molecular formula is C24H25N3O4. The topological polar surface area (TPSA) is 81.9 Å². The Balaban J connectivity index is 1.82. The summed E-state index contributed by atoms with van der Waals surface area (Å²) in [5.41, 5.74) is 6.87. The summed E-state index contributed by atoms with van der Waals surface area (Å²) < 4.78 is 12.3. The van der Waals surface area contributed by atoms with E-state index in [0.29, 0.717) is 23.5 Å². The number of esters is 1. The number of hydrazone groups is 1. The summed E-state index contributed by atoms with van der Waals surface area (Å²) in [6.07, 6.45) is 1.59. The van der Waals surface area contributed by atoms with Crippen molar-refractivity contribution in [3.63, 3.8) is 0 Å². The first-order valence-electron chi connectivity index (χ1n) is 9.89. The van der Waals surface area contributed by atoms with Gasteiger partial charge >= 0.3 is 5.97 Å². The summed E-state index contributed by atoms with van der Waals surface area (Å²) in [4.78, 5) is 24.6. The van der Waals surface area contributed by atoms with Crippen LogP contribution in [-0.4, -0.2) is 36.4 Å². The molecule has 1 heterocycles. The van der Waals surface area contributed by atoms with Crippen LogP contribution in [0.3, 0.4) is 0 Å². The average molecular weight is 419 g/mol. The smallest absolute Gasteiger partial charge is 0.340 e. The van der Waals surface area contributed by atoms with Gasteiger partial charge in [-0.1, -0.05) is 12.1 Å². The summed E-state index contributed by atoms with van der Waals surface area (Å²) in [6, 6.07) is 16.0. The average Bonchev–Trinajstić information content (AvgIpc) is 3.06. The Kier molecular flexibility index (Phi) is 6.87. The molecule has 7 heteroatoms. The molecule has 0 spiro atoms. The maximum absolute atomic E-state index is 12.4. The molecule has 0 saturated carbocycles. The van der Waals surface area contributed by atoms with Gasteiger partial charge in [-0.25, -0.2) is 10.2 Å². The van der Waals surface area contributed by atoms with Gasteiger partial charge in [-0.3, -0.25) is 4.79 Å². The lowest BCUT2D eigenvalue weighted by Crippen LogP contribution is -2.17. The van der Waals surface area contributed by atoms with Crippen molar-refractivity contribution in [2.24, 2.45) is 5.10 Å². The largest absolute Gasteiger partial charge is 0.497 e. The minimum Gasteiger partial charge on any atom is -0.497 e. The molecule has 0 saturated heterocycles. The Hall–Kier alpha value is -3.87. The molecule has 7 nitrogen and oxygen atoms in total. The van der Waals surface area contributed by atoms with Gasteiger partial charge in [-0.15, -0.1) is 0 Å². The number of methoxy groups -OCH3 is 1. The van der Waals surface area contributed by atoms with Crippen LogP contribution in [0.4, 0.5) is 0 Å². The standard InChI is InChI=1S/C24H25N3O4/c1-5-31-24(29)21-8-6-7-9-22(21)27-16(2)14-19(17(27)3)15-25-26-23(28)18-10-12-20(30-4)13-11-18/h6-15H,5H2,1-4H3,(H,26,28)/b25-15-. The molecule has 1 N–H and O–H groups in total. The number of ether oxygens (including phenoxy) is 2. The number of benzene rings is 2. The van der Waals surface area contributed by atoms with E-state index in [4.69, 9.17) is 9.47 Å². The zero-order valence-electron chi connectivity index (χ0n) is 18.0. The second kappa shape index (κ2) is 9.75. The summed E-state index contributed by atoms with van der Waals surface area (Å²) in [7, 11) is 1.57. The third-order valence-electron chi connectivity index (χ3n) is 4.83. The fourth-order valence-corrected chi connectivity index (χ4v) is 3.31. The molecule has 1 aromatic heterocycles.